The van der Waals surface area contributed by atoms with Gasteiger partial charge in [-0.2, -0.15) is 9.29 Å². The first-order chi connectivity index (χ1) is 11.2. The molecule has 1 heterocycles. The summed E-state index contributed by atoms with van der Waals surface area (Å²) in [6.07, 6.45) is 2.77. The van der Waals surface area contributed by atoms with E-state index < -0.39 is 15.6 Å². The van der Waals surface area contributed by atoms with Gasteiger partial charge in [0.05, 0.1) is 10.4 Å². The van der Waals surface area contributed by atoms with E-state index in [-0.39, 0.29) is 10.9 Å². The highest BCUT2D eigenvalue weighted by molar-refractivity contribution is 7.89. The highest BCUT2D eigenvalue weighted by atomic mass is 32.2. The van der Waals surface area contributed by atoms with Crippen LogP contribution in [0.2, 0.25) is 0 Å². The van der Waals surface area contributed by atoms with Crippen LogP contribution < -0.4 is 5.73 Å². The van der Waals surface area contributed by atoms with Gasteiger partial charge in [0.2, 0.25) is 10.0 Å². The molecule has 2 aromatic rings. The third-order valence-corrected chi connectivity index (χ3v) is 6.67. The maximum atomic E-state index is 12.5. The van der Waals surface area contributed by atoms with Crippen molar-refractivity contribution in [2.75, 3.05) is 7.05 Å². The molecule has 0 aliphatic heterocycles. The van der Waals surface area contributed by atoms with Gasteiger partial charge in [0.15, 0.2) is 5.82 Å². The Bertz CT molecular complexity index is 823. The molecule has 0 spiro atoms. The van der Waals surface area contributed by atoms with Crippen LogP contribution in [0.15, 0.2) is 33.7 Å². The van der Waals surface area contributed by atoms with E-state index in [1.54, 1.807) is 31.3 Å². The summed E-state index contributed by atoms with van der Waals surface area (Å²) in [5.74, 6) is 0.864. The zero-order chi connectivity index (χ0) is 17.5. The monoisotopic (exact) mass is 350 g/mol. The summed E-state index contributed by atoms with van der Waals surface area (Å²) < 4.78 is 31.5. The summed E-state index contributed by atoms with van der Waals surface area (Å²) in [7, 11) is -1.94. The molecular formula is C16H22N4O3S. The molecule has 8 heteroatoms. The van der Waals surface area contributed by atoms with Gasteiger partial charge in [0.1, 0.15) is 0 Å². The van der Waals surface area contributed by atoms with Crippen LogP contribution in [0.4, 0.5) is 0 Å². The molecule has 1 aromatic heterocycles. The zero-order valence-electron chi connectivity index (χ0n) is 14.1. The Balaban J connectivity index is 1.85. The Morgan fingerprint density at radius 3 is 2.38 bits per heavy atom. The number of nitrogens with two attached hydrogens (primary N) is 1. The van der Waals surface area contributed by atoms with Crippen molar-refractivity contribution in [3.63, 3.8) is 0 Å². The topological polar surface area (TPSA) is 102 Å². The van der Waals surface area contributed by atoms with E-state index in [9.17, 15) is 8.42 Å². The fourth-order valence-electron chi connectivity index (χ4n) is 2.54. The van der Waals surface area contributed by atoms with E-state index >= 15 is 0 Å². The molecule has 0 unspecified atom stereocenters. The highest BCUT2D eigenvalue weighted by Gasteiger charge is 2.39. The highest BCUT2D eigenvalue weighted by Crippen LogP contribution is 2.37. The van der Waals surface area contributed by atoms with Crippen molar-refractivity contribution in [2.24, 2.45) is 5.73 Å². The van der Waals surface area contributed by atoms with Crippen molar-refractivity contribution < 1.29 is 12.9 Å². The van der Waals surface area contributed by atoms with Gasteiger partial charge in [-0.3, -0.25) is 0 Å². The fourth-order valence-corrected chi connectivity index (χ4v) is 3.91. The lowest BCUT2D eigenvalue weighted by Crippen LogP contribution is -2.44. The Morgan fingerprint density at radius 2 is 1.88 bits per heavy atom. The Hall–Kier alpha value is -1.77. The number of nitrogens with zero attached hydrogens (tertiary/aromatic N) is 3. The zero-order valence-corrected chi connectivity index (χ0v) is 14.9. The number of sulfonamides is 1. The second-order valence-corrected chi connectivity index (χ2v) is 8.57. The number of benzene rings is 1. The van der Waals surface area contributed by atoms with E-state index in [0.29, 0.717) is 17.3 Å². The average molecular weight is 350 g/mol. The molecular weight excluding hydrogens is 328 g/mol. The summed E-state index contributed by atoms with van der Waals surface area (Å²) in [4.78, 5) is 4.60. The Morgan fingerprint density at radius 1 is 1.25 bits per heavy atom. The van der Waals surface area contributed by atoms with Gasteiger partial charge in [-0.15, -0.1) is 0 Å². The molecule has 130 valence electrons. The van der Waals surface area contributed by atoms with E-state index in [0.717, 1.165) is 19.3 Å². The maximum absolute atomic E-state index is 12.5. The summed E-state index contributed by atoms with van der Waals surface area (Å²) >= 11 is 0. The minimum Gasteiger partial charge on any atom is -0.334 e. The molecule has 0 saturated heterocycles. The first-order valence-electron chi connectivity index (χ1n) is 7.95. The van der Waals surface area contributed by atoms with E-state index in [1.807, 2.05) is 13.8 Å². The first kappa shape index (κ1) is 17.1. The molecule has 0 atom stereocenters. The van der Waals surface area contributed by atoms with Crippen molar-refractivity contribution in [2.45, 2.75) is 49.6 Å². The van der Waals surface area contributed by atoms with E-state index in [1.165, 1.54) is 4.31 Å². The number of aromatic nitrogens is 2. The lowest BCUT2D eigenvalue weighted by atomic mass is 9.77. The van der Waals surface area contributed by atoms with Crippen LogP contribution in [0.3, 0.4) is 0 Å². The third kappa shape index (κ3) is 2.85. The summed E-state index contributed by atoms with van der Waals surface area (Å²) in [5, 5.41) is 3.97. The van der Waals surface area contributed by atoms with Crippen LogP contribution in [0, 0.1) is 0 Å². The van der Waals surface area contributed by atoms with Gasteiger partial charge in [-0.05, 0) is 57.4 Å². The molecule has 1 aliphatic rings. The van der Waals surface area contributed by atoms with Gasteiger partial charge < -0.3 is 10.3 Å². The van der Waals surface area contributed by atoms with Crippen LogP contribution in [-0.2, 0) is 15.6 Å². The van der Waals surface area contributed by atoms with Crippen molar-refractivity contribution in [3.8, 4) is 11.5 Å². The summed E-state index contributed by atoms with van der Waals surface area (Å²) in [6, 6.07) is 6.32. The molecule has 0 bridgehead atoms. The van der Waals surface area contributed by atoms with E-state index in [4.69, 9.17) is 10.3 Å². The van der Waals surface area contributed by atoms with Crippen LogP contribution in [0.25, 0.3) is 11.5 Å². The minimum atomic E-state index is -3.50. The molecule has 3 rings (SSSR count). The molecule has 1 aliphatic carbocycles. The van der Waals surface area contributed by atoms with Crippen molar-refractivity contribution in [1.82, 2.24) is 14.4 Å². The number of hydrogen-bond acceptors (Lipinski definition) is 6. The first-order valence-corrected chi connectivity index (χ1v) is 9.39. The van der Waals surface area contributed by atoms with Gasteiger partial charge in [0.25, 0.3) is 5.89 Å². The van der Waals surface area contributed by atoms with Crippen molar-refractivity contribution in [1.29, 1.82) is 0 Å². The average Bonchev–Trinajstić information content (AvgIpc) is 3.02. The predicted molar refractivity (Wildman–Crippen MR) is 89.5 cm³/mol. The number of rotatable bonds is 5. The smallest absolute Gasteiger partial charge is 0.257 e. The lowest BCUT2D eigenvalue weighted by Gasteiger charge is -2.34. The molecule has 0 amide bonds. The van der Waals surface area contributed by atoms with E-state index in [2.05, 4.69) is 10.1 Å². The molecule has 1 aromatic carbocycles. The van der Waals surface area contributed by atoms with Gasteiger partial charge in [-0.25, -0.2) is 8.42 Å². The molecule has 1 fully saturated rings. The lowest BCUT2D eigenvalue weighted by molar-refractivity contribution is 0.229. The summed E-state index contributed by atoms with van der Waals surface area (Å²) in [5.41, 5.74) is 6.38. The van der Waals surface area contributed by atoms with Gasteiger partial charge >= 0.3 is 0 Å². The van der Waals surface area contributed by atoms with Crippen molar-refractivity contribution in [3.05, 3.63) is 30.1 Å². The molecule has 0 radical (unpaired) electrons. The number of hydrogen-bond donors (Lipinski definition) is 1. The third-order valence-electron chi connectivity index (χ3n) is 4.62. The molecule has 7 nitrogen and oxygen atoms in total. The van der Waals surface area contributed by atoms with Crippen LogP contribution >= 0.6 is 0 Å². The largest absolute Gasteiger partial charge is 0.334 e. The quantitative estimate of drug-likeness (QED) is 0.886. The summed E-state index contributed by atoms with van der Waals surface area (Å²) in [6.45, 7) is 3.66. The fraction of sp³-hybridized carbons (Fsp3) is 0.500. The van der Waals surface area contributed by atoms with Gasteiger partial charge in [-0.1, -0.05) is 5.16 Å². The Kier molecular flexibility index (Phi) is 4.23. The SMILES string of the molecule is CC(C)N(C)S(=O)(=O)c1ccc(-c2nc(C3(N)CCC3)no2)cc1. The van der Waals surface area contributed by atoms with Gasteiger partial charge in [0, 0.05) is 18.7 Å². The van der Waals surface area contributed by atoms with Crippen LogP contribution in [0.5, 0.6) is 0 Å². The minimum absolute atomic E-state index is 0.114. The molecule has 1 saturated carbocycles. The molecule has 2 N–H and O–H groups in total. The second-order valence-electron chi connectivity index (χ2n) is 6.57. The normalized spacial score (nSPS) is 17.2. The van der Waals surface area contributed by atoms with Crippen LogP contribution in [0.1, 0.15) is 38.9 Å². The predicted octanol–water partition coefficient (Wildman–Crippen LogP) is 2.10. The second kappa shape index (κ2) is 5.94. The van der Waals surface area contributed by atoms with Crippen molar-refractivity contribution >= 4 is 10.0 Å². The van der Waals surface area contributed by atoms with Crippen LogP contribution in [-0.4, -0.2) is 36.0 Å². The Labute approximate surface area is 141 Å². The standard InChI is InChI=1S/C16H22N4O3S/c1-11(2)20(3)24(21,22)13-7-5-12(6-8-13)14-18-15(19-23-14)16(17)9-4-10-16/h5-8,11H,4,9-10,17H2,1-3H3. The molecule has 24 heavy (non-hydrogen) atoms. The maximum Gasteiger partial charge on any atom is 0.257 e.